The third kappa shape index (κ3) is 5.93. The minimum Gasteiger partial charge on any atom is -0.468 e. The van der Waals surface area contributed by atoms with Crippen LogP contribution >= 0.6 is 0 Å². The highest BCUT2D eigenvalue weighted by molar-refractivity contribution is 5.91. The molecule has 1 aliphatic rings. The zero-order valence-electron chi connectivity index (χ0n) is 21.1. The van der Waals surface area contributed by atoms with Gasteiger partial charge < -0.3 is 19.8 Å². The molecule has 1 heterocycles. The summed E-state index contributed by atoms with van der Waals surface area (Å²) in [6.45, 7) is 11.5. The Bertz CT molecular complexity index is 1040. The zero-order chi connectivity index (χ0) is 26.4. The fraction of sp³-hybridized carbons (Fsp3) is 0.500. The van der Waals surface area contributed by atoms with Crippen molar-refractivity contribution < 1.29 is 24.1 Å². The number of rotatable bonds is 10. The highest BCUT2D eigenvalue weighted by Gasteiger charge is 2.43. The molecule has 0 amide bonds. The van der Waals surface area contributed by atoms with Crippen LogP contribution in [0.3, 0.4) is 0 Å². The minimum atomic E-state index is -1.34. The van der Waals surface area contributed by atoms with E-state index < -0.39 is 29.9 Å². The highest BCUT2D eigenvalue weighted by atomic mass is 19.1. The smallest absolute Gasteiger partial charge is 0.315 e. The van der Waals surface area contributed by atoms with Crippen LogP contribution in [0.15, 0.2) is 59.0 Å². The van der Waals surface area contributed by atoms with Gasteiger partial charge in [-0.2, -0.15) is 0 Å². The summed E-state index contributed by atoms with van der Waals surface area (Å²) in [5, 5.41) is 25.4. The minimum absolute atomic E-state index is 0.00957. The van der Waals surface area contributed by atoms with E-state index in [4.69, 9.17) is 4.74 Å². The van der Waals surface area contributed by atoms with Gasteiger partial charge in [-0.25, -0.2) is 4.39 Å². The van der Waals surface area contributed by atoms with E-state index in [1.807, 2.05) is 39.6 Å². The second-order valence-corrected chi connectivity index (χ2v) is 9.32. The number of benzene rings is 1. The van der Waals surface area contributed by atoms with Crippen LogP contribution < -0.4 is 0 Å². The molecule has 0 saturated heterocycles. The van der Waals surface area contributed by atoms with Gasteiger partial charge in [0, 0.05) is 29.8 Å². The molecule has 0 radical (unpaired) electrons. The van der Waals surface area contributed by atoms with Crippen molar-refractivity contribution in [2.45, 2.75) is 52.4 Å². The molecule has 1 aromatic carbocycles. The summed E-state index contributed by atoms with van der Waals surface area (Å²) >= 11 is 0. The Morgan fingerprint density at radius 2 is 1.89 bits per heavy atom. The fourth-order valence-electron chi connectivity index (χ4n) is 4.88. The molecule has 35 heavy (non-hydrogen) atoms. The molecule has 0 aliphatic carbocycles. The van der Waals surface area contributed by atoms with Crippen molar-refractivity contribution in [3.8, 4) is 0 Å². The number of allylic oxidation sites excluding steroid dienone is 2. The molecule has 8 nitrogen and oxygen atoms in total. The maximum atomic E-state index is 13.9. The van der Waals surface area contributed by atoms with E-state index in [1.165, 1.54) is 25.3 Å². The van der Waals surface area contributed by atoms with Crippen molar-refractivity contribution in [1.29, 1.82) is 0 Å². The normalized spacial score (nSPS) is 18.9. The predicted octanol–water partition coefficient (Wildman–Crippen LogP) is 4.81. The molecule has 4 atom stereocenters. The molecule has 0 saturated carbocycles. The quantitative estimate of drug-likeness (QED) is 0.162. The lowest BCUT2D eigenvalue weighted by Crippen LogP contribution is -2.45. The topological polar surface area (TPSA) is 119 Å². The van der Waals surface area contributed by atoms with Crippen LogP contribution in [-0.4, -0.2) is 53.5 Å². The molecule has 2 rings (SSSR count). The Hall–Kier alpha value is -3.13. The number of hydrogen-bond acceptors (Lipinski definition) is 6. The number of carbonyl (C=O) groups is 1. The number of aliphatic hydroxyl groups is 2. The van der Waals surface area contributed by atoms with Crippen molar-refractivity contribution in [3.05, 3.63) is 75.7 Å². The summed E-state index contributed by atoms with van der Waals surface area (Å²) in [4.78, 5) is 18.2. The van der Waals surface area contributed by atoms with E-state index in [2.05, 4.69) is 16.6 Å². The first kappa shape index (κ1) is 28.1. The Balaban J connectivity index is 3.04. The van der Waals surface area contributed by atoms with Gasteiger partial charge >= 0.3 is 5.97 Å². The summed E-state index contributed by atoms with van der Waals surface area (Å²) in [5.74, 6) is -2.47. The van der Waals surface area contributed by atoms with Crippen molar-refractivity contribution >= 4 is 11.5 Å². The number of likely N-dealkylation sites (N-methyl/N-ethyl adjacent to an activating group) is 1. The molecule has 0 bridgehead atoms. The molecule has 0 spiro atoms. The van der Waals surface area contributed by atoms with Crippen molar-refractivity contribution in [2.75, 3.05) is 14.2 Å². The van der Waals surface area contributed by atoms with E-state index >= 15 is 0 Å². The molecule has 9 heteroatoms. The van der Waals surface area contributed by atoms with E-state index in [0.29, 0.717) is 22.4 Å². The number of hydrogen-bond donors (Lipinski definition) is 2. The van der Waals surface area contributed by atoms with Gasteiger partial charge in [-0.3, -0.25) is 4.79 Å². The highest BCUT2D eigenvalue weighted by Crippen LogP contribution is 2.46. The molecule has 190 valence electrons. The lowest BCUT2D eigenvalue weighted by Gasteiger charge is -2.45. The second-order valence-electron chi connectivity index (χ2n) is 9.32. The van der Waals surface area contributed by atoms with E-state index in [-0.39, 0.29) is 24.3 Å². The number of methoxy groups -OCH3 is 1. The second kappa shape index (κ2) is 12.0. The number of carbonyl (C=O) groups excluding carboxylic acids is 1. The molecular formula is C26H35FN4O4. The van der Waals surface area contributed by atoms with Gasteiger partial charge in [0.2, 0.25) is 0 Å². The molecule has 4 unspecified atom stereocenters. The Morgan fingerprint density at radius 1 is 1.29 bits per heavy atom. The lowest BCUT2D eigenvalue weighted by atomic mass is 9.75. The Kier molecular flexibility index (Phi) is 9.65. The van der Waals surface area contributed by atoms with Crippen LogP contribution in [0, 0.1) is 23.6 Å². The van der Waals surface area contributed by atoms with E-state index in [9.17, 15) is 24.9 Å². The van der Waals surface area contributed by atoms with Crippen molar-refractivity contribution in [2.24, 2.45) is 22.9 Å². The van der Waals surface area contributed by atoms with Crippen molar-refractivity contribution in [3.63, 3.8) is 0 Å². The number of halogens is 1. The molecule has 2 N–H and O–H groups in total. The molecule has 1 aromatic rings. The molecular weight excluding hydrogens is 451 g/mol. The van der Waals surface area contributed by atoms with Crippen LogP contribution in [0.25, 0.3) is 16.0 Å². The molecule has 0 fully saturated rings. The first-order valence-electron chi connectivity index (χ1n) is 11.6. The predicted molar refractivity (Wildman–Crippen MR) is 133 cm³/mol. The summed E-state index contributed by atoms with van der Waals surface area (Å²) in [5.41, 5.74) is 12.0. The number of ether oxygens (including phenoxy) is 1. The van der Waals surface area contributed by atoms with Gasteiger partial charge in [0.05, 0.1) is 25.4 Å². The average molecular weight is 487 g/mol. The summed E-state index contributed by atoms with van der Waals surface area (Å²) < 4.78 is 18.9. The number of azide groups is 1. The molecule has 1 aliphatic heterocycles. The standard InChI is InChI=1S/C26H35FN4O4/c1-8-18(32)13-19(33)21(26(34)35-7)22-20(16-9-11-17(27)12-10-16)23(29-30-28)25(15(4)5)31(6)24(22)14(2)3/h8-12,14-15,18-19,21,25,32-33H,1,13H2,2-7H3. The number of nitrogens with zero attached hydrogens (tertiary/aromatic N) is 4. The maximum Gasteiger partial charge on any atom is 0.315 e. The Labute approximate surface area is 206 Å². The van der Waals surface area contributed by atoms with Gasteiger partial charge in [-0.15, -0.1) is 6.58 Å². The van der Waals surface area contributed by atoms with Gasteiger partial charge in [0.1, 0.15) is 11.7 Å². The van der Waals surface area contributed by atoms with Crippen LogP contribution in [0.2, 0.25) is 0 Å². The first-order chi connectivity index (χ1) is 16.5. The third-order valence-electron chi connectivity index (χ3n) is 6.25. The van der Waals surface area contributed by atoms with Crippen LogP contribution in [0.5, 0.6) is 0 Å². The third-order valence-corrected chi connectivity index (χ3v) is 6.25. The molecule has 0 aromatic heterocycles. The zero-order valence-corrected chi connectivity index (χ0v) is 21.1. The van der Waals surface area contributed by atoms with Gasteiger partial charge in [0.15, 0.2) is 0 Å². The van der Waals surface area contributed by atoms with E-state index in [1.54, 1.807) is 12.1 Å². The largest absolute Gasteiger partial charge is 0.468 e. The van der Waals surface area contributed by atoms with Gasteiger partial charge in [0.25, 0.3) is 0 Å². The van der Waals surface area contributed by atoms with Crippen LogP contribution in [-0.2, 0) is 9.53 Å². The first-order valence-corrected chi connectivity index (χ1v) is 11.6. The van der Waals surface area contributed by atoms with Gasteiger partial charge in [-0.05, 0) is 46.2 Å². The SMILES string of the molecule is C=CC(O)CC(O)C(C(=O)OC)C1=C(C(C)C)N(C)C(C(C)C)C(N=[N+]=[N-])=C1c1ccc(F)cc1. The maximum absolute atomic E-state index is 13.9. The monoisotopic (exact) mass is 486 g/mol. The summed E-state index contributed by atoms with van der Waals surface area (Å²) in [6, 6.07) is 5.34. The van der Waals surface area contributed by atoms with Crippen molar-refractivity contribution in [1.82, 2.24) is 4.90 Å². The fourth-order valence-corrected chi connectivity index (χ4v) is 4.88. The van der Waals surface area contributed by atoms with E-state index in [0.717, 1.165) is 5.70 Å². The van der Waals surface area contributed by atoms with Crippen LogP contribution in [0.1, 0.15) is 39.7 Å². The lowest BCUT2D eigenvalue weighted by molar-refractivity contribution is -0.147. The summed E-state index contributed by atoms with van der Waals surface area (Å²) in [7, 11) is 3.08. The van der Waals surface area contributed by atoms with Gasteiger partial charge in [-0.1, -0.05) is 51.0 Å². The number of esters is 1. The number of aliphatic hydroxyl groups excluding tert-OH is 2. The summed E-state index contributed by atoms with van der Waals surface area (Å²) in [6.07, 6.45) is -1.28. The average Bonchev–Trinajstić information content (AvgIpc) is 2.79. The van der Waals surface area contributed by atoms with Crippen LogP contribution in [0.4, 0.5) is 4.39 Å². The Morgan fingerprint density at radius 3 is 2.34 bits per heavy atom.